The SMILES string of the molecule is CCCc1ccc(NC(=O)CCNS(=O)(=O)c2ccc(F)cc2)cc1. The molecule has 25 heavy (non-hydrogen) atoms. The molecule has 0 atom stereocenters. The smallest absolute Gasteiger partial charge is 0.240 e. The molecule has 2 aromatic rings. The van der Waals surface area contributed by atoms with E-state index in [4.69, 9.17) is 0 Å². The van der Waals surface area contributed by atoms with Crippen LogP contribution in [0.25, 0.3) is 0 Å². The molecule has 0 fully saturated rings. The second-order valence-corrected chi connectivity index (χ2v) is 7.36. The Balaban J connectivity index is 1.82. The molecule has 0 saturated carbocycles. The minimum Gasteiger partial charge on any atom is -0.326 e. The molecule has 2 rings (SSSR count). The molecule has 0 saturated heterocycles. The number of carbonyl (C=O) groups excluding carboxylic acids is 1. The maximum atomic E-state index is 12.8. The summed E-state index contributed by atoms with van der Waals surface area (Å²) in [5.41, 5.74) is 1.87. The van der Waals surface area contributed by atoms with Crippen LogP contribution in [0.5, 0.6) is 0 Å². The third-order valence-electron chi connectivity index (χ3n) is 3.54. The number of benzene rings is 2. The Morgan fingerprint density at radius 3 is 2.28 bits per heavy atom. The van der Waals surface area contributed by atoms with Crippen molar-refractivity contribution in [2.75, 3.05) is 11.9 Å². The maximum Gasteiger partial charge on any atom is 0.240 e. The zero-order valence-corrected chi connectivity index (χ0v) is 14.8. The highest BCUT2D eigenvalue weighted by atomic mass is 32.2. The molecule has 0 aliphatic rings. The van der Waals surface area contributed by atoms with Gasteiger partial charge in [-0.3, -0.25) is 4.79 Å². The highest BCUT2D eigenvalue weighted by Gasteiger charge is 2.14. The van der Waals surface area contributed by atoms with E-state index >= 15 is 0 Å². The second-order valence-electron chi connectivity index (χ2n) is 5.60. The summed E-state index contributed by atoms with van der Waals surface area (Å²) in [7, 11) is -3.75. The zero-order valence-electron chi connectivity index (χ0n) is 14.0. The van der Waals surface area contributed by atoms with Crippen LogP contribution >= 0.6 is 0 Å². The minimum atomic E-state index is -3.75. The molecular formula is C18H21FN2O3S. The number of carbonyl (C=O) groups is 1. The Hall–Kier alpha value is -2.25. The minimum absolute atomic E-state index is 0.00284. The number of sulfonamides is 1. The van der Waals surface area contributed by atoms with Gasteiger partial charge in [0.1, 0.15) is 5.82 Å². The Kier molecular flexibility index (Phi) is 6.66. The van der Waals surface area contributed by atoms with Gasteiger partial charge in [0.05, 0.1) is 4.90 Å². The average Bonchev–Trinajstić information content (AvgIpc) is 2.57. The lowest BCUT2D eigenvalue weighted by Gasteiger charge is -2.08. The predicted molar refractivity (Wildman–Crippen MR) is 95.3 cm³/mol. The van der Waals surface area contributed by atoms with Crippen molar-refractivity contribution in [1.29, 1.82) is 0 Å². The summed E-state index contributed by atoms with van der Waals surface area (Å²) in [6.07, 6.45) is 2.04. The largest absolute Gasteiger partial charge is 0.326 e. The molecule has 0 aromatic heterocycles. The molecule has 134 valence electrons. The summed E-state index contributed by atoms with van der Waals surface area (Å²) >= 11 is 0. The number of hydrogen-bond acceptors (Lipinski definition) is 3. The number of rotatable bonds is 8. The van der Waals surface area contributed by atoms with Gasteiger partial charge in [-0.2, -0.15) is 0 Å². The van der Waals surface area contributed by atoms with Crippen molar-refractivity contribution in [1.82, 2.24) is 4.72 Å². The van der Waals surface area contributed by atoms with E-state index in [1.807, 2.05) is 24.3 Å². The van der Waals surface area contributed by atoms with Crippen LogP contribution in [0.15, 0.2) is 53.4 Å². The summed E-state index contributed by atoms with van der Waals surface area (Å²) in [5.74, 6) is -0.798. The predicted octanol–water partition coefficient (Wildman–Crippen LogP) is 3.09. The zero-order chi connectivity index (χ0) is 18.3. The van der Waals surface area contributed by atoms with Crippen molar-refractivity contribution in [3.8, 4) is 0 Å². The summed E-state index contributed by atoms with van der Waals surface area (Å²) < 4.78 is 39.2. The van der Waals surface area contributed by atoms with Crippen molar-refractivity contribution in [3.63, 3.8) is 0 Å². The molecule has 0 bridgehead atoms. The first kappa shape index (κ1) is 19.1. The Morgan fingerprint density at radius 2 is 1.68 bits per heavy atom. The van der Waals surface area contributed by atoms with Gasteiger partial charge in [0.25, 0.3) is 0 Å². The molecule has 0 aliphatic carbocycles. The van der Waals surface area contributed by atoms with Crippen molar-refractivity contribution in [2.45, 2.75) is 31.1 Å². The maximum absolute atomic E-state index is 12.8. The third-order valence-corrected chi connectivity index (χ3v) is 5.02. The molecule has 0 unspecified atom stereocenters. The van der Waals surface area contributed by atoms with Crippen molar-refractivity contribution < 1.29 is 17.6 Å². The van der Waals surface area contributed by atoms with Gasteiger partial charge in [-0.15, -0.1) is 0 Å². The Labute approximate surface area is 147 Å². The Bertz CT molecular complexity index is 803. The van der Waals surface area contributed by atoms with Gasteiger partial charge in [0, 0.05) is 18.7 Å². The van der Waals surface area contributed by atoms with Gasteiger partial charge in [-0.1, -0.05) is 25.5 Å². The van der Waals surface area contributed by atoms with E-state index in [1.165, 1.54) is 17.7 Å². The Morgan fingerprint density at radius 1 is 1.04 bits per heavy atom. The third kappa shape index (κ3) is 5.95. The lowest BCUT2D eigenvalue weighted by molar-refractivity contribution is -0.116. The van der Waals surface area contributed by atoms with Crippen LogP contribution in [0.3, 0.4) is 0 Å². The fourth-order valence-electron chi connectivity index (χ4n) is 2.26. The molecular weight excluding hydrogens is 343 g/mol. The van der Waals surface area contributed by atoms with Crippen molar-refractivity contribution >= 4 is 21.6 Å². The molecule has 5 nitrogen and oxygen atoms in total. The molecule has 7 heteroatoms. The van der Waals surface area contributed by atoms with Crippen LogP contribution in [-0.4, -0.2) is 20.9 Å². The lowest BCUT2D eigenvalue weighted by atomic mass is 10.1. The van der Waals surface area contributed by atoms with Gasteiger partial charge in [0.2, 0.25) is 15.9 Å². The summed E-state index contributed by atoms with van der Waals surface area (Å²) in [5, 5.41) is 2.72. The fraction of sp³-hybridized carbons (Fsp3) is 0.278. The quantitative estimate of drug-likeness (QED) is 0.756. The van der Waals surface area contributed by atoms with Gasteiger partial charge in [-0.05, 0) is 48.4 Å². The number of hydrogen-bond donors (Lipinski definition) is 2. The molecule has 0 spiro atoms. The van der Waals surface area contributed by atoms with Gasteiger partial charge >= 0.3 is 0 Å². The number of anilines is 1. The van der Waals surface area contributed by atoms with Crippen LogP contribution in [0.2, 0.25) is 0 Å². The highest BCUT2D eigenvalue weighted by molar-refractivity contribution is 7.89. The van der Waals surface area contributed by atoms with Gasteiger partial charge in [-0.25, -0.2) is 17.5 Å². The number of nitrogens with one attached hydrogen (secondary N) is 2. The van der Waals surface area contributed by atoms with Crippen LogP contribution in [0, 0.1) is 5.82 Å². The van der Waals surface area contributed by atoms with Crippen LogP contribution in [0.4, 0.5) is 10.1 Å². The summed E-state index contributed by atoms with van der Waals surface area (Å²) in [6, 6.07) is 12.1. The van der Waals surface area contributed by atoms with E-state index in [1.54, 1.807) is 0 Å². The van der Waals surface area contributed by atoms with Crippen LogP contribution < -0.4 is 10.0 Å². The average molecular weight is 364 g/mol. The van der Waals surface area contributed by atoms with E-state index in [2.05, 4.69) is 17.0 Å². The van der Waals surface area contributed by atoms with Gasteiger partial charge in [0.15, 0.2) is 0 Å². The molecule has 1 amide bonds. The van der Waals surface area contributed by atoms with Crippen molar-refractivity contribution in [3.05, 3.63) is 59.9 Å². The molecule has 2 aromatic carbocycles. The first-order valence-electron chi connectivity index (χ1n) is 8.05. The first-order chi connectivity index (χ1) is 11.9. The molecule has 0 aliphatic heterocycles. The number of amides is 1. The normalized spacial score (nSPS) is 11.3. The monoisotopic (exact) mass is 364 g/mol. The summed E-state index contributed by atoms with van der Waals surface area (Å²) in [4.78, 5) is 11.9. The fourth-order valence-corrected chi connectivity index (χ4v) is 3.29. The standard InChI is InChI=1S/C18H21FN2O3S/c1-2-3-14-4-8-16(9-5-14)21-18(22)12-13-20-25(23,24)17-10-6-15(19)7-11-17/h4-11,20H,2-3,12-13H2,1H3,(H,21,22). The molecule has 0 heterocycles. The highest BCUT2D eigenvalue weighted by Crippen LogP contribution is 2.12. The first-order valence-corrected chi connectivity index (χ1v) is 9.53. The van der Waals surface area contributed by atoms with E-state index in [0.29, 0.717) is 5.69 Å². The van der Waals surface area contributed by atoms with E-state index in [9.17, 15) is 17.6 Å². The lowest BCUT2D eigenvalue weighted by Crippen LogP contribution is -2.27. The summed E-state index contributed by atoms with van der Waals surface area (Å²) in [6.45, 7) is 2.06. The van der Waals surface area contributed by atoms with E-state index in [0.717, 1.165) is 25.0 Å². The van der Waals surface area contributed by atoms with E-state index in [-0.39, 0.29) is 23.8 Å². The van der Waals surface area contributed by atoms with Crippen LogP contribution in [0.1, 0.15) is 25.3 Å². The molecule has 0 radical (unpaired) electrons. The molecule has 2 N–H and O–H groups in total. The number of aryl methyl sites for hydroxylation is 1. The number of halogens is 1. The van der Waals surface area contributed by atoms with Crippen molar-refractivity contribution in [2.24, 2.45) is 0 Å². The topological polar surface area (TPSA) is 75.3 Å². The van der Waals surface area contributed by atoms with Gasteiger partial charge < -0.3 is 5.32 Å². The van der Waals surface area contributed by atoms with E-state index < -0.39 is 15.8 Å². The van der Waals surface area contributed by atoms with Crippen LogP contribution in [-0.2, 0) is 21.2 Å². The second kappa shape index (κ2) is 8.73.